The van der Waals surface area contributed by atoms with Crippen molar-refractivity contribution in [2.45, 2.75) is 85.4 Å². The van der Waals surface area contributed by atoms with Gasteiger partial charge in [0.1, 0.15) is 11.5 Å². The lowest BCUT2D eigenvalue weighted by Gasteiger charge is -2.59. The van der Waals surface area contributed by atoms with Gasteiger partial charge in [-0.1, -0.05) is 20.8 Å². The molecule has 6 atom stereocenters. The normalized spacial score (nSPS) is 39.5. The molecule has 1 saturated heterocycles. The zero-order valence-corrected chi connectivity index (χ0v) is 19.0. The number of carbonyl (C=O) groups excluding carboxylic acids is 2. The Morgan fingerprint density at radius 2 is 1.77 bits per heavy atom. The molecule has 1 aromatic rings. The SMILES string of the molecule is CC(=O)Oc1ccc(OC(C)=O)c(C[C@@]2(C)[C@H](C)CC[C@@]3(C)[C@@H]2CC[C@H]2O[C@@]23C)c1. The van der Waals surface area contributed by atoms with Crippen molar-refractivity contribution in [2.24, 2.45) is 22.7 Å². The first-order valence-electron chi connectivity index (χ1n) is 11.2. The smallest absolute Gasteiger partial charge is 0.308 e. The highest BCUT2D eigenvalue weighted by molar-refractivity contribution is 5.71. The molecule has 5 nitrogen and oxygen atoms in total. The predicted molar refractivity (Wildman–Crippen MR) is 113 cm³/mol. The summed E-state index contributed by atoms with van der Waals surface area (Å²) >= 11 is 0. The van der Waals surface area contributed by atoms with Crippen molar-refractivity contribution in [1.82, 2.24) is 0 Å². The maximum absolute atomic E-state index is 11.7. The number of benzene rings is 1. The van der Waals surface area contributed by atoms with Gasteiger partial charge < -0.3 is 14.2 Å². The molecule has 1 aliphatic heterocycles. The third-order valence-electron chi connectivity index (χ3n) is 8.70. The second kappa shape index (κ2) is 7.08. The number of hydrogen-bond donors (Lipinski definition) is 0. The molecule has 0 unspecified atom stereocenters. The highest BCUT2D eigenvalue weighted by Crippen LogP contribution is 2.70. The quantitative estimate of drug-likeness (QED) is 0.390. The van der Waals surface area contributed by atoms with E-state index in [1.54, 1.807) is 12.1 Å². The highest BCUT2D eigenvalue weighted by atomic mass is 16.6. The van der Waals surface area contributed by atoms with Crippen molar-refractivity contribution in [3.8, 4) is 11.5 Å². The van der Waals surface area contributed by atoms with E-state index >= 15 is 0 Å². The number of carbonyl (C=O) groups is 2. The molecule has 30 heavy (non-hydrogen) atoms. The number of rotatable bonds is 4. The summed E-state index contributed by atoms with van der Waals surface area (Å²) in [5, 5.41) is 0. The van der Waals surface area contributed by atoms with E-state index < -0.39 is 0 Å². The summed E-state index contributed by atoms with van der Waals surface area (Å²) in [6.07, 6.45) is 5.79. The van der Waals surface area contributed by atoms with Gasteiger partial charge in [-0.3, -0.25) is 9.59 Å². The molecule has 3 aliphatic rings. The van der Waals surface area contributed by atoms with E-state index in [1.165, 1.54) is 20.3 Å². The molecule has 5 heteroatoms. The minimum atomic E-state index is -0.358. The van der Waals surface area contributed by atoms with Gasteiger partial charge in [-0.25, -0.2) is 0 Å². The van der Waals surface area contributed by atoms with Gasteiger partial charge in [0, 0.05) is 19.3 Å². The van der Waals surface area contributed by atoms with Gasteiger partial charge in [-0.05, 0) is 80.0 Å². The van der Waals surface area contributed by atoms with Gasteiger partial charge >= 0.3 is 11.9 Å². The molecular weight excluding hydrogens is 380 g/mol. The summed E-state index contributed by atoms with van der Waals surface area (Å²) in [5.74, 6) is 1.38. The van der Waals surface area contributed by atoms with Gasteiger partial charge in [0.05, 0.1) is 11.7 Å². The lowest BCUT2D eigenvalue weighted by Crippen LogP contribution is -2.56. The van der Waals surface area contributed by atoms with Crippen molar-refractivity contribution in [1.29, 1.82) is 0 Å². The molecule has 0 spiro atoms. The third-order valence-corrected chi connectivity index (χ3v) is 8.70. The Hall–Kier alpha value is -1.88. The fourth-order valence-electron chi connectivity index (χ4n) is 6.64. The van der Waals surface area contributed by atoms with Gasteiger partial charge in [0.2, 0.25) is 0 Å². The van der Waals surface area contributed by atoms with Crippen LogP contribution in [-0.4, -0.2) is 23.6 Å². The Kier molecular flexibility index (Phi) is 5.04. The molecule has 0 aromatic heterocycles. The van der Waals surface area contributed by atoms with Crippen LogP contribution in [0.2, 0.25) is 0 Å². The Bertz CT molecular complexity index is 878. The average Bonchev–Trinajstić information content (AvgIpc) is 3.33. The maximum Gasteiger partial charge on any atom is 0.308 e. The average molecular weight is 415 g/mol. The molecule has 2 saturated carbocycles. The molecule has 0 amide bonds. The van der Waals surface area contributed by atoms with Crippen molar-refractivity contribution >= 4 is 11.9 Å². The second-order valence-corrected chi connectivity index (χ2v) is 10.3. The van der Waals surface area contributed by atoms with E-state index in [0.29, 0.717) is 29.4 Å². The fourth-order valence-corrected chi connectivity index (χ4v) is 6.64. The minimum Gasteiger partial charge on any atom is -0.427 e. The van der Waals surface area contributed by atoms with Crippen molar-refractivity contribution in [2.75, 3.05) is 0 Å². The third kappa shape index (κ3) is 3.26. The van der Waals surface area contributed by atoms with Crippen LogP contribution in [0.1, 0.15) is 72.8 Å². The van der Waals surface area contributed by atoms with E-state index in [0.717, 1.165) is 31.2 Å². The zero-order chi connectivity index (χ0) is 21.9. The van der Waals surface area contributed by atoms with Crippen LogP contribution in [0.25, 0.3) is 0 Å². The van der Waals surface area contributed by atoms with E-state index in [9.17, 15) is 9.59 Å². The van der Waals surface area contributed by atoms with Crippen LogP contribution in [0.5, 0.6) is 11.5 Å². The van der Waals surface area contributed by atoms with Gasteiger partial charge in [-0.15, -0.1) is 0 Å². The first-order valence-corrected chi connectivity index (χ1v) is 11.2. The number of esters is 2. The summed E-state index contributed by atoms with van der Waals surface area (Å²) in [4.78, 5) is 23.2. The predicted octanol–water partition coefficient (Wildman–Crippen LogP) is 5.09. The minimum absolute atomic E-state index is 0.0182. The summed E-state index contributed by atoms with van der Waals surface area (Å²) < 4.78 is 17.1. The number of fused-ring (bicyclic) bond motifs is 3. The first-order chi connectivity index (χ1) is 14.0. The van der Waals surface area contributed by atoms with Crippen LogP contribution in [0.3, 0.4) is 0 Å². The van der Waals surface area contributed by atoms with Crippen LogP contribution in [0.15, 0.2) is 18.2 Å². The van der Waals surface area contributed by atoms with Crippen LogP contribution in [0.4, 0.5) is 0 Å². The van der Waals surface area contributed by atoms with Gasteiger partial charge in [0.15, 0.2) is 0 Å². The fraction of sp³-hybridized carbons (Fsp3) is 0.680. The summed E-state index contributed by atoms with van der Waals surface area (Å²) in [7, 11) is 0. The monoisotopic (exact) mass is 414 g/mol. The molecular formula is C25H34O5. The molecule has 2 aliphatic carbocycles. The number of ether oxygens (including phenoxy) is 3. The summed E-state index contributed by atoms with van der Waals surface area (Å²) in [6, 6.07) is 5.29. The lowest BCUT2D eigenvalue weighted by atomic mass is 9.44. The van der Waals surface area contributed by atoms with E-state index in [1.807, 2.05) is 6.07 Å². The molecule has 0 radical (unpaired) electrons. The number of epoxide rings is 1. The van der Waals surface area contributed by atoms with Crippen LogP contribution < -0.4 is 9.47 Å². The topological polar surface area (TPSA) is 65.1 Å². The largest absolute Gasteiger partial charge is 0.427 e. The summed E-state index contributed by atoms with van der Waals surface area (Å²) in [6.45, 7) is 12.3. The van der Waals surface area contributed by atoms with Crippen molar-refractivity contribution < 1.29 is 23.8 Å². The van der Waals surface area contributed by atoms with Crippen LogP contribution >= 0.6 is 0 Å². The molecule has 164 valence electrons. The Morgan fingerprint density at radius 1 is 1.07 bits per heavy atom. The molecule has 1 aromatic carbocycles. The molecule has 1 heterocycles. The van der Waals surface area contributed by atoms with Gasteiger partial charge in [0.25, 0.3) is 0 Å². The Balaban J connectivity index is 1.72. The summed E-state index contributed by atoms with van der Waals surface area (Å²) in [5.41, 5.74) is 1.07. The second-order valence-electron chi connectivity index (χ2n) is 10.3. The van der Waals surface area contributed by atoms with Crippen LogP contribution in [0, 0.1) is 22.7 Å². The van der Waals surface area contributed by atoms with Gasteiger partial charge in [-0.2, -0.15) is 0 Å². The molecule has 0 bridgehead atoms. The van der Waals surface area contributed by atoms with Crippen molar-refractivity contribution in [3.63, 3.8) is 0 Å². The lowest BCUT2D eigenvalue weighted by molar-refractivity contribution is -0.133. The Morgan fingerprint density at radius 3 is 2.43 bits per heavy atom. The zero-order valence-electron chi connectivity index (χ0n) is 19.0. The van der Waals surface area contributed by atoms with Crippen molar-refractivity contribution in [3.05, 3.63) is 23.8 Å². The maximum atomic E-state index is 11.7. The molecule has 4 rings (SSSR count). The van der Waals surface area contributed by atoms with E-state index in [4.69, 9.17) is 14.2 Å². The molecule has 3 fully saturated rings. The van der Waals surface area contributed by atoms with E-state index in [-0.39, 0.29) is 28.4 Å². The standard InChI is InChI=1S/C25H34O5/c1-15-11-12-24(5)21(9-10-22-25(24,6)30-22)23(15,4)14-18-13-19(28-16(2)26)7-8-20(18)29-17(3)27/h7-8,13,15,21-22H,9-12,14H2,1-6H3/t15-,21-,22-,23+,24+,25+/m1/s1. The molecule has 0 N–H and O–H groups in total. The highest BCUT2D eigenvalue weighted by Gasteiger charge is 2.71. The first kappa shape index (κ1) is 21.4. The Labute approximate surface area is 179 Å². The van der Waals surface area contributed by atoms with Crippen LogP contribution in [-0.2, 0) is 20.7 Å². The van der Waals surface area contributed by atoms with E-state index in [2.05, 4.69) is 27.7 Å². The number of hydrogen-bond acceptors (Lipinski definition) is 5.